The van der Waals surface area contributed by atoms with E-state index in [1.807, 2.05) is 0 Å². The molecule has 1 aliphatic rings. The van der Waals surface area contributed by atoms with E-state index < -0.39 is 0 Å². The van der Waals surface area contributed by atoms with Gasteiger partial charge in [0.2, 0.25) is 5.91 Å². The van der Waals surface area contributed by atoms with Gasteiger partial charge in [-0.15, -0.1) is 6.73 Å². The van der Waals surface area contributed by atoms with Crippen LogP contribution in [-0.4, -0.2) is 16.9 Å². The first-order valence-electron chi connectivity index (χ1n) is 2.69. The second-order valence-corrected chi connectivity index (χ2v) is 1.81. The third-order valence-electron chi connectivity index (χ3n) is 1.18. The molecule has 0 aromatic rings. The van der Waals surface area contributed by atoms with E-state index in [1.54, 1.807) is 6.92 Å². The van der Waals surface area contributed by atoms with Crippen LogP contribution in [0.2, 0.25) is 0 Å². The average molecular weight is 126 g/mol. The fourth-order valence-electron chi connectivity index (χ4n) is 0.610. The molecule has 0 spiro atoms. The van der Waals surface area contributed by atoms with E-state index in [1.165, 1.54) is 17.8 Å². The van der Waals surface area contributed by atoms with Crippen LogP contribution in [0.15, 0.2) is 12.8 Å². The number of nitrogens with zero attached hydrogens (tertiary/aromatic N) is 1. The summed E-state index contributed by atoms with van der Waals surface area (Å²) in [4.78, 5) is 12.2. The van der Waals surface area contributed by atoms with Gasteiger partial charge in [-0.05, 0) is 13.1 Å². The first-order valence-corrected chi connectivity index (χ1v) is 2.69. The number of hydrogen-bond acceptors (Lipinski definition) is 2. The van der Waals surface area contributed by atoms with Crippen molar-refractivity contribution in [3.8, 4) is 0 Å². The van der Waals surface area contributed by atoms with Gasteiger partial charge in [-0.1, -0.05) is 6.58 Å². The van der Waals surface area contributed by atoms with Crippen molar-refractivity contribution >= 4 is 5.91 Å². The third-order valence-corrected chi connectivity index (χ3v) is 1.18. The zero-order valence-corrected chi connectivity index (χ0v) is 5.20. The predicted molar refractivity (Wildman–Crippen MR) is 31.9 cm³/mol. The highest BCUT2D eigenvalue weighted by Gasteiger charge is 2.17. The maximum Gasteiger partial charge on any atom is 0.225 e. The summed E-state index contributed by atoms with van der Waals surface area (Å²) in [5.41, 5.74) is 0. The van der Waals surface area contributed by atoms with Gasteiger partial charge in [0.05, 0.1) is 0 Å². The Labute approximate surface area is 53.9 Å². The van der Waals surface area contributed by atoms with E-state index in [0.717, 1.165) is 0 Å². The van der Waals surface area contributed by atoms with Crippen LogP contribution in [0.1, 0.15) is 6.92 Å². The maximum absolute atomic E-state index is 10.8. The Hall–Kier alpha value is -0.830. The molecule has 0 bridgehead atoms. The Morgan fingerprint density at radius 3 is 2.89 bits per heavy atom. The first-order chi connectivity index (χ1) is 4.25. The molecule has 0 N–H and O–H groups in total. The van der Waals surface area contributed by atoms with Crippen molar-refractivity contribution in [2.45, 2.75) is 13.0 Å². The summed E-state index contributed by atoms with van der Waals surface area (Å²) in [5.74, 6) is -0.0648. The van der Waals surface area contributed by atoms with Crippen molar-refractivity contribution in [2.24, 2.45) is 0 Å². The van der Waals surface area contributed by atoms with E-state index in [9.17, 15) is 4.79 Å². The molecule has 1 unspecified atom stereocenters. The maximum atomic E-state index is 10.8. The average Bonchev–Trinajstić information content (AvgIpc) is 2.15. The number of rotatable bonds is 1. The molecule has 0 aliphatic carbocycles. The molecule has 0 aromatic heterocycles. The summed E-state index contributed by atoms with van der Waals surface area (Å²) in [5, 5.41) is 0. The minimum Gasteiger partial charge on any atom is -0.522 e. The fourth-order valence-corrected chi connectivity index (χ4v) is 0.610. The van der Waals surface area contributed by atoms with Gasteiger partial charge in [0, 0.05) is 0 Å². The zero-order valence-electron chi connectivity index (χ0n) is 5.20. The zero-order chi connectivity index (χ0) is 6.85. The van der Waals surface area contributed by atoms with Gasteiger partial charge in [0.25, 0.3) is 0 Å². The number of hydrogen-bond donors (Lipinski definition) is 0. The fraction of sp³-hybridized carbons (Fsp3) is 0.333. The van der Waals surface area contributed by atoms with E-state index in [-0.39, 0.29) is 12.0 Å². The highest BCUT2D eigenvalue weighted by molar-refractivity contribution is 5.83. The van der Waals surface area contributed by atoms with Crippen LogP contribution in [-0.2, 0) is 9.53 Å². The van der Waals surface area contributed by atoms with E-state index in [4.69, 9.17) is 4.74 Å². The number of carbonyl (C=O) groups is 1. The van der Waals surface area contributed by atoms with Gasteiger partial charge < -0.3 is 9.64 Å². The van der Waals surface area contributed by atoms with Gasteiger partial charge in [-0.25, -0.2) is 0 Å². The van der Waals surface area contributed by atoms with E-state index in [2.05, 4.69) is 6.58 Å². The topological polar surface area (TPSA) is 29.5 Å². The Morgan fingerprint density at radius 2 is 2.67 bits per heavy atom. The molecule has 3 heteroatoms. The van der Waals surface area contributed by atoms with Crippen molar-refractivity contribution in [2.75, 3.05) is 0 Å². The highest BCUT2D eigenvalue weighted by Crippen LogP contribution is 2.12. The Bertz CT molecular complexity index is 144. The van der Waals surface area contributed by atoms with Gasteiger partial charge in [-0.3, -0.25) is 4.79 Å². The van der Waals surface area contributed by atoms with E-state index >= 15 is 0 Å². The lowest BCUT2D eigenvalue weighted by atomic mass is 10.4. The summed E-state index contributed by atoms with van der Waals surface area (Å²) in [6.07, 6.45) is 1.08. The van der Waals surface area contributed by atoms with Gasteiger partial charge in [-0.2, -0.15) is 0 Å². The Balaban J connectivity index is 2.61. The summed E-state index contributed by atoms with van der Waals surface area (Å²) in [6, 6.07) is 0. The molecule has 1 heterocycles. The smallest absolute Gasteiger partial charge is 0.225 e. The standard InChI is InChI=1S/C6H8NO2/c1-3-7-4-9-5(2)6(7)8/h3-5H,1H2,2H3/q-1. The first kappa shape index (κ1) is 6.29. The number of amides is 1. The summed E-state index contributed by atoms with van der Waals surface area (Å²) in [7, 11) is 0. The van der Waals surface area contributed by atoms with Crippen molar-refractivity contribution in [3.05, 3.63) is 19.5 Å². The molecule has 50 valence electrons. The molecular formula is C6H8NO2-. The van der Waals surface area contributed by atoms with Gasteiger partial charge >= 0.3 is 0 Å². The van der Waals surface area contributed by atoms with Crippen LogP contribution < -0.4 is 0 Å². The lowest BCUT2D eigenvalue weighted by Gasteiger charge is -2.15. The molecule has 1 saturated heterocycles. The van der Waals surface area contributed by atoms with Crippen LogP contribution in [0, 0.1) is 6.73 Å². The number of ether oxygens (including phenoxy) is 1. The second kappa shape index (κ2) is 2.19. The molecule has 3 nitrogen and oxygen atoms in total. The van der Waals surface area contributed by atoms with Crippen LogP contribution in [0.4, 0.5) is 0 Å². The monoisotopic (exact) mass is 126 g/mol. The lowest BCUT2D eigenvalue weighted by molar-refractivity contribution is -0.127. The SMILES string of the molecule is C=CN1[CH-]OC(C)C1=O. The molecule has 0 aromatic carbocycles. The lowest BCUT2D eigenvalue weighted by Crippen LogP contribution is -2.21. The van der Waals surface area contributed by atoms with Crippen LogP contribution in [0.3, 0.4) is 0 Å². The third kappa shape index (κ3) is 0.954. The Kier molecular flexibility index (Phi) is 1.53. The quantitative estimate of drug-likeness (QED) is 0.479. The molecule has 0 saturated carbocycles. The molecule has 1 fully saturated rings. The molecule has 9 heavy (non-hydrogen) atoms. The van der Waals surface area contributed by atoms with Crippen molar-refractivity contribution in [3.63, 3.8) is 0 Å². The Morgan fingerprint density at radius 1 is 2.00 bits per heavy atom. The molecule has 1 aliphatic heterocycles. The summed E-state index contributed by atoms with van der Waals surface area (Å²) < 4.78 is 4.85. The van der Waals surface area contributed by atoms with Gasteiger partial charge in [0.15, 0.2) is 0 Å². The van der Waals surface area contributed by atoms with Gasteiger partial charge in [0.1, 0.15) is 6.10 Å². The van der Waals surface area contributed by atoms with Crippen molar-refractivity contribution in [1.82, 2.24) is 4.90 Å². The number of carbonyl (C=O) groups excluding carboxylic acids is 1. The minimum atomic E-state index is -0.344. The van der Waals surface area contributed by atoms with Crippen LogP contribution in [0.5, 0.6) is 0 Å². The molecule has 0 radical (unpaired) electrons. The minimum absolute atomic E-state index is 0.0648. The van der Waals surface area contributed by atoms with Crippen molar-refractivity contribution < 1.29 is 9.53 Å². The van der Waals surface area contributed by atoms with Crippen LogP contribution in [0.25, 0.3) is 0 Å². The second-order valence-electron chi connectivity index (χ2n) is 1.81. The normalized spacial score (nSPS) is 27.0. The highest BCUT2D eigenvalue weighted by atomic mass is 16.5. The molecular weight excluding hydrogens is 118 g/mol. The predicted octanol–water partition coefficient (Wildman–Crippen LogP) is 0.496. The molecule has 1 amide bonds. The van der Waals surface area contributed by atoms with Crippen molar-refractivity contribution in [1.29, 1.82) is 0 Å². The molecule has 1 rings (SSSR count). The molecule has 1 atom stereocenters. The van der Waals surface area contributed by atoms with Crippen LogP contribution >= 0.6 is 0 Å². The summed E-state index contributed by atoms with van der Waals surface area (Å²) in [6.45, 7) is 6.48. The largest absolute Gasteiger partial charge is 0.522 e. The summed E-state index contributed by atoms with van der Waals surface area (Å²) >= 11 is 0. The van der Waals surface area contributed by atoms with E-state index in [0.29, 0.717) is 0 Å².